The van der Waals surface area contributed by atoms with Crippen LogP contribution in [0.25, 0.3) is 0 Å². The number of nitrogens with zero attached hydrogens (tertiary/aromatic N) is 1. The summed E-state index contributed by atoms with van der Waals surface area (Å²) in [5, 5.41) is 12.2. The van der Waals surface area contributed by atoms with Crippen LogP contribution in [0.15, 0.2) is 0 Å². The van der Waals surface area contributed by atoms with E-state index in [2.05, 4.69) is 5.32 Å². The number of sulfonamides is 1. The molecule has 0 aromatic carbocycles. The molecule has 1 fully saturated rings. The predicted octanol–water partition coefficient (Wildman–Crippen LogP) is -0.372. The van der Waals surface area contributed by atoms with Gasteiger partial charge in [-0.2, -0.15) is 4.31 Å². The lowest BCUT2D eigenvalue weighted by molar-refractivity contribution is 0.213. The first-order valence-electron chi connectivity index (χ1n) is 5.74. The quantitative estimate of drug-likeness (QED) is 0.698. The summed E-state index contributed by atoms with van der Waals surface area (Å²) in [5.41, 5.74) is 0. The second-order valence-corrected chi connectivity index (χ2v) is 6.59. The molecule has 1 aliphatic rings. The molecule has 1 atom stereocenters. The number of likely N-dealkylation sites (N-methyl/N-ethyl adjacent to an activating group) is 1. The van der Waals surface area contributed by atoms with Gasteiger partial charge in [0.25, 0.3) is 0 Å². The van der Waals surface area contributed by atoms with E-state index < -0.39 is 10.0 Å². The van der Waals surface area contributed by atoms with Crippen LogP contribution in [0.4, 0.5) is 0 Å². The van der Waals surface area contributed by atoms with Crippen LogP contribution < -0.4 is 5.32 Å². The van der Waals surface area contributed by atoms with Crippen molar-refractivity contribution in [2.45, 2.75) is 25.8 Å². The van der Waals surface area contributed by atoms with Crippen molar-refractivity contribution in [2.75, 3.05) is 32.5 Å². The van der Waals surface area contributed by atoms with Crippen LogP contribution in [0.1, 0.15) is 19.8 Å². The SMILES string of the molecule is CC(CO)N(C)S(=O)(=O)CC1CCNCC1. The lowest BCUT2D eigenvalue weighted by Crippen LogP contribution is -2.41. The molecule has 0 saturated carbocycles. The van der Waals surface area contributed by atoms with Gasteiger partial charge >= 0.3 is 0 Å². The van der Waals surface area contributed by atoms with Gasteiger partial charge in [0.1, 0.15) is 0 Å². The highest BCUT2D eigenvalue weighted by atomic mass is 32.2. The summed E-state index contributed by atoms with van der Waals surface area (Å²) < 4.78 is 25.3. The molecule has 0 aromatic rings. The number of hydrogen-bond donors (Lipinski definition) is 2. The number of aliphatic hydroxyl groups excluding tert-OH is 1. The molecule has 1 rings (SSSR count). The summed E-state index contributed by atoms with van der Waals surface area (Å²) in [6.45, 7) is 3.38. The Morgan fingerprint density at radius 3 is 2.50 bits per heavy atom. The van der Waals surface area contributed by atoms with Crippen molar-refractivity contribution in [1.29, 1.82) is 0 Å². The summed E-state index contributed by atoms with van der Waals surface area (Å²) >= 11 is 0. The lowest BCUT2D eigenvalue weighted by atomic mass is 10.0. The maximum Gasteiger partial charge on any atom is 0.214 e. The lowest BCUT2D eigenvalue weighted by Gasteiger charge is -2.27. The van der Waals surface area contributed by atoms with Crippen LogP contribution in [-0.2, 0) is 10.0 Å². The van der Waals surface area contributed by atoms with Crippen molar-refractivity contribution in [3.63, 3.8) is 0 Å². The van der Waals surface area contributed by atoms with Crippen molar-refractivity contribution >= 4 is 10.0 Å². The van der Waals surface area contributed by atoms with Gasteiger partial charge in [-0.3, -0.25) is 0 Å². The summed E-state index contributed by atoms with van der Waals surface area (Å²) in [6, 6.07) is -0.341. The van der Waals surface area contributed by atoms with Gasteiger partial charge in [0, 0.05) is 13.1 Å². The third-order valence-electron chi connectivity index (χ3n) is 3.23. The summed E-state index contributed by atoms with van der Waals surface area (Å²) in [6.07, 6.45) is 1.83. The smallest absolute Gasteiger partial charge is 0.214 e. The molecule has 1 unspecified atom stereocenters. The molecule has 0 bridgehead atoms. The highest BCUT2D eigenvalue weighted by Crippen LogP contribution is 2.17. The Bertz CT molecular complexity index is 299. The van der Waals surface area contributed by atoms with Gasteiger partial charge in [-0.05, 0) is 38.8 Å². The minimum absolute atomic E-state index is 0.137. The molecular formula is C10H22N2O3S. The molecule has 6 heteroatoms. The summed E-state index contributed by atoms with van der Waals surface area (Å²) in [5.74, 6) is 0.454. The average molecular weight is 250 g/mol. The third kappa shape index (κ3) is 3.69. The van der Waals surface area contributed by atoms with Crippen molar-refractivity contribution < 1.29 is 13.5 Å². The molecule has 1 saturated heterocycles. The second kappa shape index (κ2) is 5.95. The van der Waals surface area contributed by atoms with E-state index in [0.717, 1.165) is 25.9 Å². The molecule has 0 radical (unpaired) electrons. The molecule has 0 aliphatic carbocycles. The standard InChI is InChI=1S/C10H22N2O3S/c1-9(7-13)12(2)16(14,15)8-10-3-5-11-6-4-10/h9-11,13H,3-8H2,1-2H3. The van der Waals surface area contributed by atoms with Gasteiger partial charge in [0.15, 0.2) is 0 Å². The van der Waals surface area contributed by atoms with Gasteiger partial charge in [-0.1, -0.05) is 0 Å². The summed E-state index contributed by atoms with van der Waals surface area (Å²) in [4.78, 5) is 0. The maximum atomic E-state index is 12.0. The molecule has 0 spiro atoms. The van der Waals surface area contributed by atoms with Gasteiger partial charge in [0.05, 0.1) is 12.4 Å². The van der Waals surface area contributed by atoms with E-state index in [1.807, 2.05) is 0 Å². The van der Waals surface area contributed by atoms with E-state index in [9.17, 15) is 8.42 Å². The Morgan fingerprint density at radius 2 is 2.00 bits per heavy atom. The molecule has 1 heterocycles. The highest BCUT2D eigenvalue weighted by Gasteiger charge is 2.27. The van der Waals surface area contributed by atoms with Crippen molar-refractivity contribution in [1.82, 2.24) is 9.62 Å². The van der Waals surface area contributed by atoms with Crippen molar-refractivity contribution in [3.8, 4) is 0 Å². The predicted molar refractivity (Wildman–Crippen MR) is 63.7 cm³/mol. The Labute approximate surface area is 97.9 Å². The largest absolute Gasteiger partial charge is 0.395 e. The Kier molecular flexibility index (Phi) is 5.17. The Balaban J connectivity index is 2.56. The molecule has 5 nitrogen and oxygen atoms in total. The van der Waals surface area contributed by atoms with E-state index in [1.54, 1.807) is 6.92 Å². The van der Waals surface area contributed by atoms with Crippen molar-refractivity contribution in [2.24, 2.45) is 5.92 Å². The van der Waals surface area contributed by atoms with Crippen LogP contribution in [-0.4, -0.2) is 56.4 Å². The molecular weight excluding hydrogens is 228 g/mol. The minimum atomic E-state index is -3.23. The molecule has 0 aromatic heterocycles. The fourth-order valence-electron chi connectivity index (χ4n) is 1.85. The minimum Gasteiger partial charge on any atom is -0.395 e. The summed E-state index contributed by atoms with van der Waals surface area (Å²) in [7, 11) is -1.69. The van der Waals surface area contributed by atoms with Crippen molar-refractivity contribution in [3.05, 3.63) is 0 Å². The molecule has 2 N–H and O–H groups in total. The topological polar surface area (TPSA) is 69.6 Å². The van der Waals surface area contributed by atoms with Gasteiger partial charge in [-0.15, -0.1) is 0 Å². The first-order valence-corrected chi connectivity index (χ1v) is 7.35. The number of nitrogens with one attached hydrogen (secondary N) is 1. The molecule has 96 valence electrons. The van der Waals surface area contributed by atoms with Crippen LogP contribution in [0.2, 0.25) is 0 Å². The third-order valence-corrected chi connectivity index (χ3v) is 5.36. The van der Waals surface area contributed by atoms with Crippen LogP contribution in [0, 0.1) is 5.92 Å². The molecule has 0 amide bonds. The molecule has 1 aliphatic heterocycles. The number of piperidine rings is 1. The Morgan fingerprint density at radius 1 is 1.44 bits per heavy atom. The van der Waals surface area contributed by atoms with Crippen LogP contribution in [0.5, 0.6) is 0 Å². The normalized spacial score (nSPS) is 21.2. The second-order valence-electron chi connectivity index (χ2n) is 4.52. The van der Waals surface area contributed by atoms with E-state index in [4.69, 9.17) is 5.11 Å². The first-order chi connectivity index (χ1) is 7.47. The van der Waals surface area contributed by atoms with Gasteiger partial charge < -0.3 is 10.4 Å². The van der Waals surface area contributed by atoms with Gasteiger partial charge in [-0.25, -0.2) is 8.42 Å². The van der Waals surface area contributed by atoms with Crippen LogP contribution >= 0.6 is 0 Å². The number of aliphatic hydroxyl groups is 1. The molecule has 16 heavy (non-hydrogen) atoms. The van der Waals surface area contributed by atoms with Gasteiger partial charge in [0.2, 0.25) is 10.0 Å². The van der Waals surface area contributed by atoms with Crippen LogP contribution in [0.3, 0.4) is 0 Å². The van der Waals surface area contributed by atoms with E-state index in [1.165, 1.54) is 11.4 Å². The zero-order chi connectivity index (χ0) is 12.2. The fourth-order valence-corrected chi connectivity index (χ4v) is 3.63. The fraction of sp³-hybridized carbons (Fsp3) is 1.00. The highest BCUT2D eigenvalue weighted by molar-refractivity contribution is 7.89. The van der Waals surface area contributed by atoms with E-state index >= 15 is 0 Å². The number of hydrogen-bond acceptors (Lipinski definition) is 4. The average Bonchev–Trinajstić information content (AvgIpc) is 2.27. The first kappa shape index (κ1) is 13.9. The number of rotatable bonds is 5. The zero-order valence-electron chi connectivity index (χ0n) is 10.0. The van der Waals surface area contributed by atoms with E-state index in [-0.39, 0.29) is 24.3 Å². The Hall–Kier alpha value is -0.170. The zero-order valence-corrected chi connectivity index (χ0v) is 10.8. The maximum absolute atomic E-state index is 12.0. The monoisotopic (exact) mass is 250 g/mol. The van der Waals surface area contributed by atoms with E-state index in [0.29, 0.717) is 0 Å².